The fourth-order valence-corrected chi connectivity index (χ4v) is 4.65. The maximum Gasteiger partial charge on any atom is 0.416 e. The molecule has 1 aromatic carbocycles. The van der Waals surface area contributed by atoms with Crippen molar-refractivity contribution >= 4 is 29.1 Å². The van der Waals surface area contributed by atoms with E-state index < -0.39 is 17.8 Å². The number of ether oxygens (including phenoxy) is 1. The highest BCUT2D eigenvalue weighted by Gasteiger charge is 2.33. The summed E-state index contributed by atoms with van der Waals surface area (Å²) in [5, 5.41) is 3.30. The van der Waals surface area contributed by atoms with Crippen molar-refractivity contribution in [2.75, 3.05) is 37.0 Å². The van der Waals surface area contributed by atoms with E-state index in [9.17, 15) is 18.0 Å². The number of fused-ring (bicyclic) bond motifs is 3. The molecule has 5 rings (SSSR count). The highest BCUT2D eigenvalue weighted by Crippen LogP contribution is 2.39. The first-order chi connectivity index (χ1) is 18.2. The fraction of sp³-hybridized carbons (Fsp3) is 0.333. The second kappa shape index (κ2) is 10.1. The Labute approximate surface area is 217 Å². The highest BCUT2D eigenvalue weighted by molar-refractivity contribution is 6.36. The molecule has 11 heteroatoms. The largest absolute Gasteiger partial charge is 0.416 e. The minimum absolute atomic E-state index is 0.135. The number of pyridine rings is 1. The summed E-state index contributed by atoms with van der Waals surface area (Å²) in [7, 11) is 1.58. The Kier molecular flexibility index (Phi) is 6.78. The lowest BCUT2D eigenvalue weighted by Gasteiger charge is -2.29. The van der Waals surface area contributed by atoms with E-state index in [2.05, 4.69) is 15.3 Å². The number of nitrogens with one attached hydrogen (secondary N) is 1. The molecule has 0 radical (unpaired) electrons. The van der Waals surface area contributed by atoms with Crippen molar-refractivity contribution in [3.63, 3.8) is 0 Å². The van der Waals surface area contributed by atoms with Gasteiger partial charge in [0, 0.05) is 49.6 Å². The third-order valence-electron chi connectivity index (χ3n) is 6.56. The van der Waals surface area contributed by atoms with Crippen molar-refractivity contribution < 1.29 is 17.9 Å². The number of anilines is 2. The van der Waals surface area contributed by atoms with Gasteiger partial charge in [0.15, 0.2) is 0 Å². The Hall–Kier alpha value is -3.99. The van der Waals surface area contributed by atoms with Crippen LogP contribution in [0.3, 0.4) is 0 Å². The van der Waals surface area contributed by atoms with Gasteiger partial charge in [-0.3, -0.25) is 9.79 Å². The lowest BCUT2D eigenvalue weighted by Crippen LogP contribution is -2.33. The van der Waals surface area contributed by atoms with E-state index in [0.29, 0.717) is 54.8 Å². The maximum absolute atomic E-state index is 13.3. The van der Waals surface area contributed by atoms with E-state index in [4.69, 9.17) is 9.73 Å². The number of amidine groups is 1. The molecular weight excluding hydrogens is 497 g/mol. The smallest absolute Gasteiger partial charge is 0.383 e. The van der Waals surface area contributed by atoms with E-state index in [-0.39, 0.29) is 5.56 Å². The second-order valence-electron chi connectivity index (χ2n) is 9.20. The van der Waals surface area contributed by atoms with Crippen LogP contribution in [0, 0.1) is 6.92 Å². The number of aromatic nitrogens is 3. The molecule has 1 N–H and O–H groups in total. The van der Waals surface area contributed by atoms with Gasteiger partial charge in [-0.1, -0.05) is 12.1 Å². The van der Waals surface area contributed by atoms with E-state index in [1.165, 1.54) is 12.1 Å². The first kappa shape index (κ1) is 25.7. The number of rotatable bonds is 7. The minimum atomic E-state index is -4.43. The molecule has 0 saturated carbocycles. The molecule has 3 aromatic rings. The average molecular weight is 525 g/mol. The molecule has 0 saturated heterocycles. The number of aryl methyl sites for hydroxylation is 1. The van der Waals surface area contributed by atoms with Gasteiger partial charge in [-0.15, -0.1) is 0 Å². The van der Waals surface area contributed by atoms with Gasteiger partial charge in [0.05, 0.1) is 24.3 Å². The number of halogens is 3. The van der Waals surface area contributed by atoms with Crippen molar-refractivity contribution in [1.82, 2.24) is 14.5 Å². The monoisotopic (exact) mass is 524 g/mol. The van der Waals surface area contributed by atoms with Crippen LogP contribution < -0.4 is 15.8 Å². The van der Waals surface area contributed by atoms with Crippen molar-refractivity contribution in [2.45, 2.75) is 32.6 Å². The summed E-state index contributed by atoms with van der Waals surface area (Å²) < 4.78 is 46.6. The average Bonchev–Trinajstić information content (AvgIpc) is 3.38. The lowest BCUT2D eigenvalue weighted by atomic mass is 9.98. The molecule has 0 amide bonds. The van der Waals surface area contributed by atoms with Crippen LogP contribution >= 0.6 is 0 Å². The zero-order valence-corrected chi connectivity index (χ0v) is 21.2. The second-order valence-corrected chi connectivity index (χ2v) is 9.20. The minimum Gasteiger partial charge on any atom is -0.383 e. The number of alkyl halides is 3. The van der Waals surface area contributed by atoms with E-state index in [1.807, 2.05) is 11.0 Å². The standard InChI is InChI=1S/C27H27F3N6O2/c1-16(18-5-4-6-20(13-18)27(28,29)30)32-24-22-14-21(19-7-8-23(37)35(15-19)11-12-38-3)25-31-9-10-36(25)26(22)34-17(2)33-24/h4-8,13-16H,9-12H2,1-3H3,(H,32,33,34). The van der Waals surface area contributed by atoms with Gasteiger partial charge in [-0.2, -0.15) is 13.2 Å². The Balaban J connectivity index is 1.57. The van der Waals surface area contributed by atoms with Gasteiger partial charge < -0.3 is 19.5 Å². The molecule has 0 fully saturated rings. The van der Waals surface area contributed by atoms with Crippen LogP contribution in [-0.2, 0) is 17.5 Å². The van der Waals surface area contributed by atoms with Crippen LogP contribution in [0.5, 0.6) is 0 Å². The van der Waals surface area contributed by atoms with Gasteiger partial charge in [0.2, 0.25) is 0 Å². The molecule has 2 aliphatic rings. The first-order valence-electron chi connectivity index (χ1n) is 12.2. The van der Waals surface area contributed by atoms with E-state index >= 15 is 0 Å². The summed E-state index contributed by atoms with van der Waals surface area (Å²) in [6.07, 6.45) is -0.717. The predicted octanol–water partition coefficient (Wildman–Crippen LogP) is 4.56. The third-order valence-corrected chi connectivity index (χ3v) is 6.56. The predicted molar refractivity (Wildman–Crippen MR) is 140 cm³/mol. The van der Waals surface area contributed by atoms with Gasteiger partial charge in [0.1, 0.15) is 23.3 Å². The summed E-state index contributed by atoms with van der Waals surface area (Å²) in [4.78, 5) is 28.4. The van der Waals surface area contributed by atoms with Gasteiger partial charge in [0.25, 0.3) is 5.56 Å². The summed E-state index contributed by atoms with van der Waals surface area (Å²) in [6.45, 7) is 5.59. The van der Waals surface area contributed by atoms with Crippen molar-refractivity contribution in [3.05, 3.63) is 81.0 Å². The Bertz CT molecular complexity index is 1490. The molecule has 0 bridgehead atoms. The molecule has 0 aliphatic carbocycles. The van der Waals surface area contributed by atoms with E-state index in [1.54, 1.807) is 43.9 Å². The van der Waals surface area contributed by atoms with Crippen LogP contribution in [0.1, 0.15) is 41.0 Å². The zero-order valence-electron chi connectivity index (χ0n) is 21.2. The summed E-state index contributed by atoms with van der Waals surface area (Å²) >= 11 is 0. The maximum atomic E-state index is 13.3. The molecule has 198 valence electrons. The first-order valence-corrected chi connectivity index (χ1v) is 12.2. The topological polar surface area (TPSA) is 84.6 Å². The number of nitrogens with zero attached hydrogens (tertiary/aromatic N) is 5. The molecular formula is C27H27F3N6O2. The van der Waals surface area contributed by atoms with Gasteiger partial charge >= 0.3 is 6.18 Å². The highest BCUT2D eigenvalue weighted by atomic mass is 19.4. The third kappa shape index (κ3) is 4.93. The number of hydrogen-bond donors (Lipinski definition) is 1. The van der Waals surface area contributed by atoms with Crippen LogP contribution in [0.4, 0.5) is 24.8 Å². The summed E-state index contributed by atoms with van der Waals surface area (Å²) in [5.74, 6) is 2.47. The molecule has 2 aromatic heterocycles. The van der Waals surface area contributed by atoms with Gasteiger partial charge in [-0.25, -0.2) is 9.97 Å². The molecule has 1 atom stereocenters. The Morgan fingerprint density at radius 1 is 1.18 bits per heavy atom. The van der Waals surface area contributed by atoms with Crippen LogP contribution in [0.2, 0.25) is 0 Å². The molecule has 38 heavy (non-hydrogen) atoms. The molecule has 0 spiro atoms. The number of aliphatic imine (C=N–C) groups is 1. The van der Waals surface area contributed by atoms with Crippen molar-refractivity contribution in [2.24, 2.45) is 4.99 Å². The Morgan fingerprint density at radius 2 is 2.00 bits per heavy atom. The van der Waals surface area contributed by atoms with Gasteiger partial charge in [-0.05, 0) is 43.7 Å². The Morgan fingerprint density at radius 3 is 2.76 bits per heavy atom. The quantitative estimate of drug-likeness (QED) is 0.488. The number of hydrogen-bond acceptors (Lipinski definition) is 7. The molecule has 8 nitrogen and oxygen atoms in total. The van der Waals surface area contributed by atoms with Crippen LogP contribution in [-0.4, -0.2) is 47.2 Å². The normalized spacial score (nSPS) is 15.5. The van der Waals surface area contributed by atoms with Crippen molar-refractivity contribution in [3.8, 4) is 0 Å². The van der Waals surface area contributed by atoms with Crippen molar-refractivity contribution in [1.29, 1.82) is 0 Å². The fourth-order valence-electron chi connectivity index (χ4n) is 4.65. The molecule has 2 aliphatic heterocycles. The lowest BCUT2D eigenvalue weighted by molar-refractivity contribution is -0.137. The SMILES string of the molecule is COCCn1cc(C2=Cc3c(NC(C)c4cccc(C(F)(F)F)c4)nc(C)nc3N3CCN=C23)ccc1=O. The zero-order chi connectivity index (χ0) is 27.0. The number of benzene rings is 1. The van der Waals surface area contributed by atoms with E-state index in [0.717, 1.165) is 29.1 Å². The van der Waals surface area contributed by atoms with Crippen LogP contribution in [0.15, 0.2) is 52.4 Å². The number of methoxy groups -OCH3 is 1. The van der Waals surface area contributed by atoms with Crippen LogP contribution in [0.25, 0.3) is 11.6 Å². The molecule has 4 heterocycles. The molecule has 1 unspecified atom stereocenters. The summed E-state index contributed by atoms with van der Waals surface area (Å²) in [6, 6.07) is 8.08. The summed E-state index contributed by atoms with van der Waals surface area (Å²) in [5.41, 5.74) is 1.97.